The van der Waals surface area contributed by atoms with Crippen molar-refractivity contribution in [2.75, 3.05) is 13.2 Å². The number of hydrogen-bond donors (Lipinski definition) is 2. The lowest BCUT2D eigenvalue weighted by Crippen LogP contribution is -2.37. The van der Waals surface area contributed by atoms with Crippen molar-refractivity contribution in [3.05, 3.63) is 0 Å². The van der Waals surface area contributed by atoms with Gasteiger partial charge in [0.05, 0.1) is 0 Å². The molecular formula is C13H25NO2. The zero-order valence-corrected chi connectivity index (χ0v) is 10.6. The van der Waals surface area contributed by atoms with Crippen molar-refractivity contribution < 1.29 is 9.90 Å². The van der Waals surface area contributed by atoms with Gasteiger partial charge in [-0.25, -0.2) is 0 Å². The summed E-state index contributed by atoms with van der Waals surface area (Å²) in [4.78, 5) is 11.8. The molecule has 0 spiro atoms. The van der Waals surface area contributed by atoms with Crippen molar-refractivity contribution >= 4 is 5.91 Å². The Morgan fingerprint density at radius 2 is 2.00 bits per heavy atom. The molecule has 3 heteroatoms. The van der Waals surface area contributed by atoms with E-state index in [1.165, 1.54) is 12.8 Å². The van der Waals surface area contributed by atoms with E-state index in [1.807, 2.05) is 0 Å². The lowest BCUT2D eigenvalue weighted by Gasteiger charge is -2.25. The maximum Gasteiger partial charge on any atom is 0.223 e. The van der Waals surface area contributed by atoms with E-state index in [1.54, 1.807) is 0 Å². The zero-order chi connectivity index (χ0) is 12.0. The molecule has 0 aliphatic heterocycles. The number of carbonyl (C=O) groups excluding carboxylic acids is 1. The summed E-state index contributed by atoms with van der Waals surface area (Å²) in [5.41, 5.74) is 0.0942. The van der Waals surface area contributed by atoms with E-state index < -0.39 is 0 Å². The second-order valence-corrected chi connectivity index (χ2v) is 5.69. The molecule has 1 rings (SSSR count). The van der Waals surface area contributed by atoms with E-state index >= 15 is 0 Å². The summed E-state index contributed by atoms with van der Waals surface area (Å²) in [6.07, 6.45) is 6.28. The fourth-order valence-electron chi connectivity index (χ4n) is 2.30. The van der Waals surface area contributed by atoms with E-state index in [0.717, 1.165) is 32.2 Å². The van der Waals surface area contributed by atoms with Crippen LogP contribution in [0.4, 0.5) is 0 Å². The van der Waals surface area contributed by atoms with Crippen molar-refractivity contribution in [2.45, 2.75) is 52.4 Å². The molecule has 94 valence electrons. The standard InChI is InChI=1S/C13H25NO2/c1-13(2,8-5-9-15)10-14-12(16)11-6-3-4-7-11/h11,15H,3-10H2,1-2H3,(H,14,16). The molecule has 0 bridgehead atoms. The van der Waals surface area contributed by atoms with Gasteiger partial charge in [-0.15, -0.1) is 0 Å². The maximum absolute atomic E-state index is 11.8. The molecule has 1 aliphatic rings. The highest BCUT2D eigenvalue weighted by Gasteiger charge is 2.24. The van der Waals surface area contributed by atoms with Crippen LogP contribution in [0.2, 0.25) is 0 Å². The van der Waals surface area contributed by atoms with Crippen LogP contribution in [0.15, 0.2) is 0 Å². The topological polar surface area (TPSA) is 49.3 Å². The van der Waals surface area contributed by atoms with Crippen LogP contribution in [-0.4, -0.2) is 24.2 Å². The molecule has 0 unspecified atom stereocenters. The first-order valence-corrected chi connectivity index (χ1v) is 6.44. The zero-order valence-electron chi connectivity index (χ0n) is 10.6. The number of nitrogens with one attached hydrogen (secondary N) is 1. The summed E-state index contributed by atoms with van der Waals surface area (Å²) < 4.78 is 0. The van der Waals surface area contributed by atoms with Gasteiger partial charge in [0.15, 0.2) is 0 Å². The molecule has 1 aliphatic carbocycles. The number of aliphatic hydroxyl groups excluding tert-OH is 1. The SMILES string of the molecule is CC(C)(CCCO)CNC(=O)C1CCCC1. The van der Waals surface area contributed by atoms with Crippen LogP contribution in [0.3, 0.4) is 0 Å². The lowest BCUT2D eigenvalue weighted by atomic mass is 9.87. The van der Waals surface area contributed by atoms with Crippen molar-refractivity contribution in [3.8, 4) is 0 Å². The van der Waals surface area contributed by atoms with Gasteiger partial charge in [0.25, 0.3) is 0 Å². The first-order valence-electron chi connectivity index (χ1n) is 6.44. The fourth-order valence-corrected chi connectivity index (χ4v) is 2.30. The van der Waals surface area contributed by atoms with Crippen molar-refractivity contribution in [1.29, 1.82) is 0 Å². The van der Waals surface area contributed by atoms with Crippen LogP contribution in [-0.2, 0) is 4.79 Å². The van der Waals surface area contributed by atoms with E-state index in [2.05, 4.69) is 19.2 Å². The van der Waals surface area contributed by atoms with E-state index in [-0.39, 0.29) is 23.8 Å². The van der Waals surface area contributed by atoms with Gasteiger partial charge in [-0.2, -0.15) is 0 Å². The van der Waals surface area contributed by atoms with Gasteiger partial charge in [-0.1, -0.05) is 26.7 Å². The van der Waals surface area contributed by atoms with Gasteiger partial charge < -0.3 is 10.4 Å². The number of aliphatic hydroxyl groups is 1. The van der Waals surface area contributed by atoms with Gasteiger partial charge in [0, 0.05) is 19.1 Å². The van der Waals surface area contributed by atoms with Crippen molar-refractivity contribution in [2.24, 2.45) is 11.3 Å². The Labute approximate surface area is 98.6 Å². The second-order valence-electron chi connectivity index (χ2n) is 5.69. The summed E-state index contributed by atoms with van der Waals surface area (Å²) in [6, 6.07) is 0. The molecule has 0 aromatic heterocycles. The molecular weight excluding hydrogens is 202 g/mol. The molecule has 2 N–H and O–H groups in total. The Bertz CT molecular complexity index is 220. The van der Waals surface area contributed by atoms with Crippen molar-refractivity contribution in [1.82, 2.24) is 5.32 Å². The minimum Gasteiger partial charge on any atom is -0.396 e. The first-order chi connectivity index (χ1) is 7.55. The average molecular weight is 227 g/mol. The predicted molar refractivity (Wildman–Crippen MR) is 65.1 cm³/mol. The quantitative estimate of drug-likeness (QED) is 0.730. The predicted octanol–water partition coefficient (Wildman–Crippen LogP) is 2.09. The van der Waals surface area contributed by atoms with E-state index in [4.69, 9.17) is 5.11 Å². The van der Waals surface area contributed by atoms with Gasteiger partial charge in [0.1, 0.15) is 0 Å². The largest absolute Gasteiger partial charge is 0.396 e. The highest BCUT2D eigenvalue weighted by atomic mass is 16.2. The molecule has 3 nitrogen and oxygen atoms in total. The molecule has 0 atom stereocenters. The van der Waals surface area contributed by atoms with Gasteiger partial charge >= 0.3 is 0 Å². The Hall–Kier alpha value is -0.570. The number of hydrogen-bond acceptors (Lipinski definition) is 2. The van der Waals surface area contributed by atoms with Crippen LogP contribution >= 0.6 is 0 Å². The van der Waals surface area contributed by atoms with E-state index in [9.17, 15) is 4.79 Å². The van der Waals surface area contributed by atoms with E-state index in [0.29, 0.717) is 0 Å². The van der Waals surface area contributed by atoms with Gasteiger partial charge in [-0.3, -0.25) is 4.79 Å². The fraction of sp³-hybridized carbons (Fsp3) is 0.923. The summed E-state index contributed by atoms with van der Waals surface area (Å²) in [6.45, 7) is 5.23. The average Bonchev–Trinajstić information content (AvgIpc) is 2.77. The molecule has 0 heterocycles. The van der Waals surface area contributed by atoms with Crippen molar-refractivity contribution in [3.63, 3.8) is 0 Å². The summed E-state index contributed by atoms with van der Waals surface area (Å²) in [5, 5.41) is 11.8. The number of amides is 1. The minimum absolute atomic E-state index is 0.0942. The monoisotopic (exact) mass is 227 g/mol. The van der Waals surface area contributed by atoms with Crippen LogP contribution < -0.4 is 5.32 Å². The molecule has 1 amide bonds. The third kappa shape index (κ3) is 4.52. The van der Waals surface area contributed by atoms with Crippen LogP contribution in [0.5, 0.6) is 0 Å². The Morgan fingerprint density at radius 3 is 2.56 bits per heavy atom. The number of carbonyl (C=O) groups is 1. The van der Waals surface area contributed by atoms with Crippen LogP contribution in [0, 0.1) is 11.3 Å². The molecule has 16 heavy (non-hydrogen) atoms. The molecule has 0 radical (unpaired) electrons. The third-order valence-electron chi connectivity index (χ3n) is 3.48. The Morgan fingerprint density at radius 1 is 1.38 bits per heavy atom. The summed E-state index contributed by atoms with van der Waals surface area (Å²) in [5.74, 6) is 0.489. The van der Waals surface area contributed by atoms with Gasteiger partial charge in [-0.05, 0) is 31.1 Å². The summed E-state index contributed by atoms with van der Waals surface area (Å²) in [7, 11) is 0. The Balaban J connectivity index is 2.24. The van der Waals surface area contributed by atoms with Gasteiger partial charge in [0.2, 0.25) is 5.91 Å². The molecule has 0 aromatic rings. The first kappa shape index (κ1) is 13.5. The highest BCUT2D eigenvalue weighted by molar-refractivity contribution is 5.78. The lowest BCUT2D eigenvalue weighted by molar-refractivity contribution is -0.125. The Kier molecular flexibility index (Phi) is 5.26. The van der Waals surface area contributed by atoms with Crippen LogP contribution in [0.25, 0.3) is 0 Å². The number of rotatable bonds is 6. The maximum atomic E-state index is 11.8. The highest BCUT2D eigenvalue weighted by Crippen LogP contribution is 2.26. The minimum atomic E-state index is 0.0942. The molecule has 1 fully saturated rings. The molecule has 0 aromatic carbocycles. The third-order valence-corrected chi connectivity index (χ3v) is 3.48. The summed E-state index contributed by atoms with van der Waals surface area (Å²) >= 11 is 0. The normalized spacial score (nSPS) is 17.7. The molecule has 1 saturated carbocycles. The van der Waals surface area contributed by atoms with Crippen LogP contribution in [0.1, 0.15) is 52.4 Å². The second kappa shape index (κ2) is 6.24. The molecule has 0 saturated heterocycles. The smallest absolute Gasteiger partial charge is 0.223 e.